The lowest BCUT2D eigenvalue weighted by Crippen LogP contribution is -2.34. The average Bonchev–Trinajstić information content (AvgIpc) is 3.26. The molecule has 0 fully saturated rings. The SMILES string of the molecule is Cc1ncccc1-c1cnc2[nH]cc(-c3cc4n(c3)CCNC4=O)c2c1. The van der Waals surface area contributed by atoms with E-state index < -0.39 is 0 Å². The Morgan fingerprint density at radius 3 is 2.92 bits per heavy atom. The van der Waals surface area contributed by atoms with Gasteiger partial charge in [-0.25, -0.2) is 4.98 Å². The molecule has 0 spiro atoms. The Hall–Kier alpha value is -3.41. The zero-order valence-corrected chi connectivity index (χ0v) is 14.3. The fraction of sp³-hybridized carbons (Fsp3) is 0.150. The number of carbonyl (C=O) groups excluding carboxylic acids is 1. The van der Waals surface area contributed by atoms with Gasteiger partial charge in [0.2, 0.25) is 0 Å². The Morgan fingerprint density at radius 2 is 2.08 bits per heavy atom. The van der Waals surface area contributed by atoms with Gasteiger partial charge < -0.3 is 14.9 Å². The van der Waals surface area contributed by atoms with Crippen molar-refractivity contribution in [3.8, 4) is 22.3 Å². The van der Waals surface area contributed by atoms with E-state index in [1.807, 2.05) is 42.2 Å². The summed E-state index contributed by atoms with van der Waals surface area (Å²) in [5.74, 6) is -0.0212. The number of nitrogens with zero attached hydrogens (tertiary/aromatic N) is 3. The van der Waals surface area contributed by atoms with Gasteiger partial charge in [-0.2, -0.15) is 0 Å². The quantitative estimate of drug-likeness (QED) is 0.587. The van der Waals surface area contributed by atoms with Crippen LogP contribution in [-0.4, -0.2) is 32.0 Å². The number of hydrogen-bond donors (Lipinski definition) is 2. The number of amides is 1. The number of carbonyl (C=O) groups is 1. The Labute approximate surface area is 149 Å². The number of aryl methyl sites for hydroxylation is 1. The van der Waals surface area contributed by atoms with Crippen molar-refractivity contribution in [3.05, 3.63) is 60.4 Å². The van der Waals surface area contributed by atoms with Gasteiger partial charge in [0.05, 0.1) is 0 Å². The fourth-order valence-electron chi connectivity index (χ4n) is 3.59. The van der Waals surface area contributed by atoms with Crippen LogP contribution in [0.15, 0.2) is 49.1 Å². The largest absolute Gasteiger partial charge is 0.349 e. The molecule has 0 atom stereocenters. The van der Waals surface area contributed by atoms with Gasteiger partial charge in [0.1, 0.15) is 11.3 Å². The van der Waals surface area contributed by atoms with Gasteiger partial charge in [-0.15, -0.1) is 0 Å². The fourth-order valence-corrected chi connectivity index (χ4v) is 3.59. The Kier molecular flexibility index (Phi) is 3.18. The van der Waals surface area contributed by atoms with Crippen molar-refractivity contribution < 1.29 is 4.79 Å². The topological polar surface area (TPSA) is 75.6 Å². The summed E-state index contributed by atoms with van der Waals surface area (Å²) in [4.78, 5) is 24.2. The summed E-state index contributed by atoms with van der Waals surface area (Å²) in [7, 11) is 0. The molecule has 5 rings (SSSR count). The number of nitrogens with one attached hydrogen (secondary N) is 2. The molecule has 0 aliphatic carbocycles. The average molecular weight is 343 g/mol. The number of fused-ring (bicyclic) bond motifs is 2. The second-order valence-electron chi connectivity index (χ2n) is 6.52. The summed E-state index contributed by atoms with van der Waals surface area (Å²) in [6.07, 6.45) is 7.66. The molecular formula is C20H17N5O. The van der Waals surface area contributed by atoms with Crippen molar-refractivity contribution in [2.24, 2.45) is 0 Å². The molecule has 2 N–H and O–H groups in total. The van der Waals surface area contributed by atoms with Crippen LogP contribution in [0, 0.1) is 6.92 Å². The monoisotopic (exact) mass is 343 g/mol. The van der Waals surface area contributed by atoms with Crippen LogP contribution in [0.3, 0.4) is 0 Å². The van der Waals surface area contributed by atoms with Gasteiger partial charge in [0, 0.05) is 71.2 Å². The number of H-pyrrole nitrogens is 1. The summed E-state index contributed by atoms with van der Waals surface area (Å²) in [5, 5.41) is 3.92. The molecule has 128 valence electrons. The minimum atomic E-state index is -0.0212. The van der Waals surface area contributed by atoms with E-state index in [0.717, 1.165) is 45.5 Å². The van der Waals surface area contributed by atoms with Crippen molar-refractivity contribution in [1.82, 2.24) is 24.8 Å². The summed E-state index contributed by atoms with van der Waals surface area (Å²) in [5.41, 5.74) is 6.68. The van der Waals surface area contributed by atoms with Crippen molar-refractivity contribution in [1.29, 1.82) is 0 Å². The predicted octanol–water partition coefficient (Wildman–Crippen LogP) is 3.15. The molecule has 4 aromatic rings. The van der Waals surface area contributed by atoms with E-state index in [9.17, 15) is 4.79 Å². The second kappa shape index (κ2) is 5.56. The first-order valence-corrected chi connectivity index (χ1v) is 8.58. The van der Waals surface area contributed by atoms with Crippen LogP contribution in [-0.2, 0) is 6.54 Å². The summed E-state index contributed by atoms with van der Waals surface area (Å²) >= 11 is 0. The third-order valence-corrected chi connectivity index (χ3v) is 4.93. The van der Waals surface area contributed by atoms with Crippen molar-refractivity contribution in [3.63, 3.8) is 0 Å². The van der Waals surface area contributed by atoms with E-state index in [0.29, 0.717) is 12.2 Å². The molecule has 0 saturated heterocycles. The minimum Gasteiger partial charge on any atom is -0.349 e. The Morgan fingerprint density at radius 1 is 1.15 bits per heavy atom. The molecule has 26 heavy (non-hydrogen) atoms. The summed E-state index contributed by atoms with van der Waals surface area (Å²) in [6.45, 7) is 3.46. The number of rotatable bonds is 2. The lowest BCUT2D eigenvalue weighted by atomic mass is 10.0. The maximum Gasteiger partial charge on any atom is 0.267 e. The molecule has 0 bridgehead atoms. The molecule has 1 aliphatic rings. The molecule has 6 heteroatoms. The van der Waals surface area contributed by atoms with Gasteiger partial charge in [0.15, 0.2) is 0 Å². The van der Waals surface area contributed by atoms with Crippen molar-refractivity contribution in [2.75, 3.05) is 6.54 Å². The Balaban J connectivity index is 1.67. The number of hydrogen-bond acceptors (Lipinski definition) is 3. The van der Waals surface area contributed by atoms with Crippen LogP contribution in [0.4, 0.5) is 0 Å². The predicted molar refractivity (Wildman–Crippen MR) is 99.8 cm³/mol. The van der Waals surface area contributed by atoms with E-state index in [1.165, 1.54) is 0 Å². The third-order valence-electron chi connectivity index (χ3n) is 4.93. The molecule has 1 amide bonds. The molecule has 0 aromatic carbocycles. The van der Waals surface area contributed by atoms with Gasteiger partial charge in [-0.1, -0.05) is 6.07 Å². The third kappa shape index (κ3) is 2.23. The standard InChI is InChI=1S/C20H17N5O/c1-12-15(3-2-4-21-12)13-7-16-17(10-24-19(16)23-9-13)14-8-18-20(26)22-5-6-25(18)11-14/h2-4,7-11H,5-6H2,1H3,(H,22,26)(H,23,24). The maximum absolute atomic E-state index is 12.0. The summed E-state index contributed by atoms with van der Waals surface area (Å²) < 4.78 is 2.01. The van der Waals surface area contributed by atoms with Crippen LogP contribution in [0.2, 0.25) is 0 Å². The zero-order valence-electron chi connectivity index (χ0n) is 14.3. The molecule has 6 nitrogen and oxygen atoms in total. The van der Waals surface area contributed by atoms with Crippen LogP contribution < -0.4 is 5.32 Å². The van der Waals surface area contributed by atoms with Gasteiger partial charge in [0.25, 0.3) is 5.91 Å². The van der Waals surface area contributed by atoms with Crippen molar-refractivity contribution in [2.45, 2.75) is 13.5 Å². The molecule has 5 heterocycles. The van der Waals surface area contributed by atoms with Crippen LogP contribution >= 0.6 is 0 Å². The molecular weight excluding hydrogens is 326 g/mol. The smallest absolute Gasteiger partial charge is 0.267 e. The van der Waals surface area contributed by atoms with E-state index in [4.69, 9.17) is 0 Å². The van der Waals surface area contributed by atoms with Crippen LogP contribution in [0.1, 0.15) is 16.2 Å². The first-order chi connectivity index (χ1) is 12.7. The Bertz CT molecular complexity index is 1150. The first-order valence-electron chi connectivity index (χ1n) is 8.58. The van der Waals surface area contributed by atoms with Gasteiger partial charge in [-0.3, -0.25) is 9.78 Å². The van der Waals surface area contributed by atoms with E-state index in [1.54, 1.807) is 6.20 Å². The van der Waals surface area contributed by atoms with E-state index in [-0.39, 0.29) is 5.91 Å². The van der Waals surface area contributed by atoms with Crippen molar-refractivity contribution >= 4 is 16.9 Å². The molecule has 0 saturated carbocycles. The van der Waals surface area contributed by atoms with E-state index >= 15 is 0 Å². The highest BCUT2D eigenvalue weighted by atomic mass is 16.2. The molecule has 1 aliphatic heterocycles. The molecule has 4 aromatic heterocycles. The molecule has 0 unspecified atom stereocenters. The highest BCUT2D eigenvalue weighted by Crippen LogP contribution is 2.32. The van der Waals surface area contributed by atoms with E-state index in [2.05, 4.69) is 32.4 Å². The van der Waals surface area contributed by atoms with Gasteiger partial charge in [-0.05, 0) is 25.1 Å². The normalized spacial score (nSPS) is 13.7. The lowest BCUT2D eigenvalue weighted by Gasteiger charge is -2.14. The molecule has 0 radical (unpaired) electrons. The number of pyridine rings is 2. The zero-order chi connectivity index (χ0) is 17.7. The minimum absolute atomic E-state index is 0.0212. The number of aromatic nitrogens is 4. The van der Waals surface area contributed by atoms with Crippen LogP contribution in [0.25, 0.3) is 33.3 Å². The highest BCUT2D eigenvalue weighted by molar-refractivity contribution is 5.99. The highest BCUT2D eigenvalue weighted by Gasteiger charge is 2.19. The summed E-state index contributed by atoms with van der Waals surface area (Å²) in [6, 6.07) is 8.07. The second-order valence-corrected chi connectivity index (χ2v) is 6.52. The lowest BCUT2D eigenvalue weighted by molar-refractivity contribution is 0.0928. The number of aromatic amines is 1. The maximum atomic E-state index is 12.0. The van der Waals surface area contributed by atoms with Crippen LogP contribution in [0.5, 0.6) is 0 Å². The van der Waals surface area contributed by atoms with Gasteiger partial charge >= 0.3 is 0 Å². The first kappa shape index (κ1) is 14.9.